The zero-order valence-corrected chi connectivity index (χ0v) is 11.0. The van der Waals surface area contributed by atoms with Gasteiger partial charge in [0.1, 0.15) is 0 Å². The summed E-state index contributed by atoms with van der Waals surface area (Å²) in [6, 6.07) is 0.377. The summed E-state index contributed by atoms with van der Waals surface area (Å²) in [5.41, 5.74) is 5.94. The van der Waals surface area contributed by atoms with Crippen molar-refractivity contribution >= 4 is 12.4 Å². The second kappa shape index (κ2) is 6.80. The quantitative estimate of drug-likeness (QED) is 0.823. The number of piperidine rings is 1. The fraction of sp³-hybridized carbons (Fsp3) is 1.00. The predicted molar refractivity (Wildman–Crippen MR) is 69.0 cm³/mol. The molecule has 4 heteroatoms. The fourth-order valence-electron chi connectivity index (χ4n) is 2.75. The van der Waals surface area contributed by atoms with Crippen LogP contribution < -0.4 is 5.73 Å². The summed E-state index contributed by atoms with van der Waals surface area (Å²) in [5.74, 6) is 1.54. The lowest BCUT2D eigenvalue weighted by Gasteiger charge is -2.34. The van der Waals surface area contributed by atoms with Gasteiger partial charge in [-0.15, -0.1) is 12.4 Å². The van der Waals surface area contributed by atoms with Crippen LogP contribution in [0.25, 0.3) is 0 Å². The molecule has 16 heavy (non-hydrogen) atoms. The van der Waals surface area contributed by atoms with Crippen LogP contribution in [0.1, 0.15) is 26.2 Å². The Bertz CT molecular complexity index is 187. The Morgan fingerprint density at radius 1 is 1.31 bits per heavy atom. The number of rotatable bonds is 3. The number of nitrogens with zero attached hydrogens (tertiary/aromatic N) is 1. The summed E-state index contributed by atoms with van der Waals surface area (Å²) in [5, 5.41) is 0. The molecule has 2 aliphatic heterocycles. The highest BCUT2D eigenvalue weighted by Crippen LogP contribution is 2.22. The van der Waals surface area contributed by atoms with Crippen molar-refractivity contribution in [2.24, 2.45) is 17.6 Å². The van der Waals surface area contributed by atoms with Crippen LogP contribution >= 0.6 is 12.4 Å². The van der Waals surface area contributed by atoms with Crippen LogP contribution in [-0.2, 0) is 4.74 Å². The van der Waals surface area contributed by atoms with E-state index in [1.165, 1.54) is 38.9 Å². The molecule has 0 aromatic carbocycles. The normalized spacial score (nSPS) is 30.0. The molecule has 0 saturated carbocycles. The molecular formula is C12H25ClN2O. The Morgan fingerprint density at radius 2 is 2.00 bits per heavy atom. The van der Waals surface area contributed by atoms with Crippen molar-refractivity contribution in [3.05, 3.63) is 0 Å². The Balaban J connectivity index is 0.00000128. The first kappa shape index (κ1) is 14.2. The van der Waals surface area contributed by atoms with Crippen LogP contribution in [-0.4, -0.2) is 43.8 Å². The van der Waals surface area contributed by atoms with Crippen molar-refractivity contribution in [3.63, 3.8) is 0 Å². The number of halogens is 1. The van der Waals surface area contributed by atoms with E-state index in [9.17, 15) is 0 Å². The fourth-order valence-corrected chi connectivity index (χ4v) is 2.75. The summed E-state index contributed by atoms with van der Waals surface area (Å²) >= 11 is 0. The maximum absolute atomic E-state index is 5.94. The van der Waals surface area contributed by atoms with Gasteiger partial charge in [0.2, 0.25) is 0 Å². The molecule has 2 fully saturated rings. The highest BCUT2D eigenvalue weighted by atomic mass is 35.5. The molecule has 0 bridgehead atoms. The average Bonchev–Trinajstić information content (AvgIpc) is 2.71. The van der Waals surface area contributed by atoms with Crippen LogP contribution in [0.5, 0.6) is 0 Å². The number of likely N-dealkylation sites (tertiary alicyclic amines) is 1. The van der Waals surface area contributed by atoms with E-state index >= 15 is 0 Å². The maximum Gasteiger partial charge on any atom is 0.0507 e. The van der Waals surface area contributed by atoms with Crippen molar-refractivity contribution in [1.29, 1.82) is 0 Å². The smallest absolute Gasteiger partial charge is 0.0507 e. The second-order valence-electron chi connectivity index (χ2n) is 5.23. The van der Waals surface area contributed by atoms with Crippen molar-refractivity contribution < 1.29 is 4.74 Å². The maximum atomic E-state index is 5.94. The predicted octanol–water partition coefficient (Wildman–Crippen LogP) is 1.50. The van der Waals surface area contributed by atoms with Crippen molar-refractivity contribution in [2.75, 3.05) is 32.8 Å². The van der Waals surface area contributed by atoms with Gasteiger partial charge in [0.05, 0.1) is 6.61 Å². The molecule has 0 radical (unpaired) electrons. The topological polar surface area (TPSA) is 38.5 Å². The second-order valence-corrected chi connectivity index (χ2v) is 5.23. The molecule has 2 saturated heterocycles. The summed E-state index contributed by atoms with van der Waals surface area (Å²) in [6.07, 6.45) is 3.82. The summed E-state index contributed by atoms with van der Waals surface area (Å²) in [6.45, 7) is 7.82. The van der Waals surface area contributed by atoms with Gasteiger partial charge in [0, 0.05) is 19.2 Å². The Morgan fingerprint density at radius 3 is 2.50 bits per heavy atom. The van der Waals surface area contributed by atoms with Gasteiger partial charge < -0.3 is 15.4 Å². The minimum absolute atomic E-state index is 0. The van der Waals surface area contributed by atoms with E-state index < -0.39 is 0 Å². The summed E-state index contributed by atoms with van der Waals surface area (Å²) < 4.78 is 5.41. The van der Waals surface area contributed by atoms with Gasteiger partial charge in [0.15, 0.2) is 0 Å². The number of hydrogen-bond acceptors (Lipinski definition) is 3. The molecule has 3 nitrogen and oxygen atoms in total. The minimum atomic E-state index is 0. The monoisotopic (exact) mass is 248 g/mol. The molecule has 2 rings (SSSR count). The van der Waals surface area contributed by atoms with Gasteiger partial charge in [-0.3, -0.25) is 0 Å². The Kier molecular flexibility index (Phi) is 6.05. The van der Waals surface area contributed by atoms with Gasteiger partial charge in [-0.1, -0.05) is 0 Å². The van der Waals surface area contributed by atoms with Gasteiger partial charge in [-0.25, -0.2) is 0 Å². The van der Waals surface area contributed by atoms with Gasteiger partial charge >= 0.3 is 0 Å². The van der Waals surface area contributed by atoms with Gasteiger partial charge in [0.25, 0.3) is 0 Å². The highest BCUT2D eigenvalue weighted by molar-refractivity contribution is 5.85. The van der Waals surface area contributed by atoms with Crippen LogP contribution in [0.3, 0.4) is 0 Å². The highest BCUT2D eigenvalue weighted by Gasteiger charge is 2.24. The minimum Gasteiger partial charge on any atom is -0.381 e. The molecule has 0 aromatic rings. The van der Waals surface area contributed by atoms with Crippen LogP contribution in [0, 0.1) is 11.8 Å². The third-order valence-electron chi connectivity index (χ3n) is 3.92. The Labute approximate surface area is 105 Å². The first-order valence-electron chi connectivity index (χ1n) is 6.31. The van der Waals surface area contributed by atoms with E-state index in [1.807, 2.05) is 0 Å². The first-order valence-corrected chi connectivity index (χ1v) is 6.31. The molecule has 2 atom stereocenters. The lowest BCUT2D eigenvalue weighted by molar-refractivity contribution is 0.135. The van der Waals surface area contributed by atoms with E-state index in [-0.39, 0.29) is 12.4 Å². The third-order valence-corrected chi connectivity index (χ3v) is 3.92. The molecule has 0 aliphatic carbocycles. The van der Waals surface area contributed by atoms with Crippen LogP contribution in [0.2, 0.25) is 0 Å². The average molecular weight is 249 g/mol. The Hall–Kier alpha value is 0.170. The van der Waals surface area contributed by atoms with E-state index in [2.05, 4.69) is 11.8 Å². The van der Waals surface area contributed by atoms with Gasteiger partial charge in [-0.2, -0.15) is 0 Å². The molecule has 0 amide bonds. The molecular weight excluding hydrogens is 224 g/mol. The molecule has 2 N–H and O–H groups in total. The van der Waals surface area contributed by atoms with E-state index in [1.54, 1.807) is 0 Å². The van der Waals surface area contributed by atoms with Crippen molar-refractivity contribution in [2.45, 2.75) is 32.2 Å². The zero-order valence-electron chi connectivity index (χ0n) is 10.2. The molecule has 2 unspecified atom stereocenters. The molecule has 0 aromatic heterocycles. The number of nitrogens with two attached hydrogens (primary N) is 1. The third kappa shape index (κ3) is 3.88. The van der Waals surface area contributed by atoms with Crippen molar-refractivity contribution in [3.8, 4) is 0 Å². The van der Waals surface area contributed by atoms with E-state index in [0.717, 1.165) is 25.0 Å². The van der Waals surface area contributed by atoms with Crippen LogP contribution in [0.15, 0.2) is 0 Å². The largest absolute Gasteiger partial charge is 0.381 e. The van der Waals surface area contributed by atoms with Crippen molar-refractivity contribution in [1.82, 2.24) is 4.90 Å². The van der Waals surface area contributed by atoms with E-state index in [4.69, 9.17) is 10.5 Å². The standard InChI is InChI=1S/C12H24N2O.ClH/c1-10(13)12-2-5-14(6-3-12)8-11-4-7-15-9-11;/h10-12H,2-9,13H2,1H3;1H. The summed E-state index contributed by atoms with van der Waals surface area (Å²) in [7, 11) is 0. The molecule has 96 valence electrons. The van der Waals surface area contributed by atoms with E-state index in [0.29, 0.717) is 6.04 Å². The van der Waals surface area contributed by atoms with Crippen LogP contribution in [0.4, 0.5) is 0 Å². The molecule has 2 heterocycles. The molecule has 0 spiro atoms. The number of hydrogen-bond donors (Lipinski definition) is 1. The molecule has 2 aliphatic rings. The lowest BCUT2D eigenvalue weighted by atomic mass is 9.90. The van der Waals surface area contributed by atoms with Gasteiger partial charge in [-0.05, 0) is 51.1 Å². The SMILES string of the molecule is CC(N)C1CCN(CC2CCOC2)CC1.Cl. The number of ether oxygens (including phenoxy) is 1. The lowest BCUT2D eigenvalue weighted by Crippen LogP contribution is -2.41. The summed E-state index contributed by atoms with van der Waals surface area (Å²) in [4.78, 5) is 2.60. The first-order chi connectivity index (χ1) is 7.25. The zero-order chi connectivity index (χ0) is 10.7.